The number of aliphatic hydroxyl groups is 1. The summed E-state index contributed by atoms with van der Waals surface area (Å²) in [5.74, 6) is 1.66. The molecule has 164 valence electrons. The fourth-order valence-corrected chi connectivity index (χ4v) is 3.01. The van der Waals surface area contributed by atoms with Crippen LogP contribution in [-0.2, 0) is 6.54 Å². The van der Waals surface area contributed by atoms with Crippen molar-refractivity contribution in [3.05, 3.63) is 65.7 Å². The summed E-state index contributed by atoms with van der Waals surface area (Å²) in [7, 11) is 4.13. The van der Waals surface area contributed by atoms with Gasteiger partial charge in [0.25, 0.3) is 0 Å². The van der Waals surface area contributed by atoms with Gasteiger partial charge in [0.1, 0.15) is 5.75 Å². The van der Waals surface area contributed by atoms with E-state index in [9.17, 15) is 5.11 Å². The predicted molar refractivity (Wildman–Crippen MR) is 124 cm³/mol. The first-order valence-electron chi connectivity index (χ1n) is 10.7. The molecule has 0 aliphatic heterocycles. The molecule has 2 aromatic carbocycles. The molecule has 1 atom stereocenters. The minimum absolute atomic E-state index is 0.0268. The van der Waals surface area contributed by atoms with E-state index in [1.165, 1.54) is 0 Å². The van der Waals surface area contributed by atoms with Gasteiger partial charge < -0.3 is 25.4 Å². The number of benzene rings is 2. The summed E-state index contributed by atoms with van der Waals surface area (Å²) in [6.07, 6.45) is 1.01. The summed E-state index contributed by atoms with van der Waals surface area (Å²) in [4.78, 5) is 6.83. The van der Waals surface area contributed by atoms with Gasteiger partial charge >= 0.3 is 0 Å². The van der Waals surface area contributed by atoms with Crippen LogP contribution in [0, 0.1) is 0 Å². The van der Waals surface area contributed by atoms with Crippen molar-refractivity contribution in [3.8, 4) is 5.75 Å². The van der Waals surface area contributed by atoms with Crippen molar-refractivity contribution in [2.75, 3.05) is 46.9 Å². The molecule has 0 radical (unpaired) electrons. The smallest absolute Gasteiger partial charge is 0.191 e. The number of nitrogens with zero attached hydrogens (tertiary/aromatic N) is 2. The van der Waals surface area contributed by atoms with Gasteiger partial charge in [0.05, 0.1) is 19.8 Å². The van der Waals surface area contributed by atoms with Crippen LogP contribution in [0.15, 0.2) is 59.6 Å². The fraction of sp³-hybridized carbons (Fsp3) is 0.458. The Bertz CT molecular complexity index is 733. The average molecular weight is 413 g/mol. The van der Waals surface area contributed by atoms with Crippen LogP contribution in [0.3, 0.4) is 0 Å². The molecule has 0 bridgehead atoms. The summed E-state index contributed by atoms with van der Waals surface area (Å²) in [5, 5.41) is 16.4. The summed E-state index contributed by atoms with van der Waals surface area (Å²) in [6, 6.07) is 18.1. The van der Waals surface area contributed by atoms with Gasteiger partial charge in [0.15, 0.2) is 5.96 Å². The average Bonchev–Trinajstić information content (AvgIpc) is 2.77. The standard InChI is InChI=1S/C24H36N4O2/c1-4-25-24(27-18-22(19-29)21-9-6-5-7-10-21)26-17-20-11-13-23(14-12-20)30-16-8-15-28(2)3/h5-7,9-14,22,29H,4,8,15-19H2,1-3H3,(H2,25,26,27). The molecule has 3 N–H and O–H groups in total. The van der Waals surface area contributed by atoms with Crippen LogP contribution in [0.2, 0.25) is 0 Å². The van der Waals surface area contributed by atoms with Gasteiger partial charge in [-0.1, -0.05) is 42.5 Å². The molecule has 0 saturated heterocycles. The van der Waals surface area contributed by atoms with E-state index in [2.05, 4.69) is 46.8 Å². The molecule has 6 heteroatoms. The molecule has 2 aromatic rings. The topological polar surface area (TPSA) is 69.1 Å². The lowest BCUT2D eigenvalue weighted by Crippen LogP contribution is -2.39. The maximum Gasteiger partial charge on any atom is 0.191 e. The summed E-state index contributed by atoms with van der Waals surface area (Å²) >= 11 is 0. The van der Waals surface area contributed by atoms with Gasteiger partial charge in [0, 0.05) is 25.6 Å². The summed E-state index contributed by atoms with van der Waals surface area (Å²) < 4.78 is 5.78. The van der Waals surface area contributed by atoms with Crippen molar-refractivity contribution in [2.24, 2.45) is 4.99 Å². The predicted octanol–water partition coefficient (Wildman–Crippen LogP) is 2.85. The third-order valence-electron chi connectivity index (χ3n) is 4.71. The molecule has 0 aliphatic carbocycles. The molecule has 0 spiro atoms. The number of rotatable bonds is 12. The molecular weight excluding hydrogens is 376 g/mol. The molecule has 2 rings (SSSR count). The summed E-state index contributed by atoms with van der Waals surface area (Å²) in [6.45, 7) is 5.84. The molecule has 0 fully saturated rings. The molecule has 6 nitrogen and oxygen atoms in total. The Morgan fingerprint density at radius 2 is 1.80 bits per heavy atom. The lowest BCUT2D eigenvalue weighted by atomic mass is 10.0. The molecule has 0 aromatic heterocycles. The van der Waals surface area contributed by atoms with Crippen LogP contribution >= 0.6 is 0 Å². The Balaban J connectivity index is 1.86. The van der Waals surface area contributed by atoms with Crippen LogP contribution < -0.4 is 15.4 Å². The van der Waals surface area contributed by atoms with Crippen molar-refractivity contribution >= 4 is 5.96 Å². The van der Waals surface area contributed by atoms with E-state index in [0.29, 0.717) is 13.1 Å². The first-order chi connectivity index (χ1) is 14.6. The van der Waals surface area contributed by atoms with Gasteiger partial charge in [-0.3, -0.25) is 0 Å². The Morgan fingerprint density at radius 1 is 1.07 bits per heavy atom. The van der Waals surface area contributed by atoms with Crippen molar-refractivity contribution < 1.29 is 9.84 Å². The molecule has 0 saturated carbocycles. The number of hydrogen-bond acceptors (Lipinski definition) is 4. The number of aliphatic hydroxyl groups excluding tert-OH is 1. The highest BCUT2D eigenvalue weighted by Crippen LogP contribution is 2.14. The zero-order chi connectivity index (χ0) is 21.6. The number of nitrogens with one attached hydrogen (secondary N) is 2. The zero-order valence-electron chi connectivity index (χ0n) is 18.5. The molecule has 0 aliphatic rings. The maximum atomic E-state index is 9.75. The first-order valence-corrected chi connectivity index (χ1v) is 10.7. The normalized spacial score (nSPS) is 12.6. The molecular formula is C24H36N4O2. The second-order valence-electron chi connectivity index (χ2n) is 7.52. The van der Waals surface area contributed by atoms with Crippen molar-refractivity contribution in [2.45, 2.75) is 25.8 Å². The second kappa shape index (κ2) is 13.6. The first kappa shape index (κ1) is 23.7. The Hall–Kier alpha value is -2.57. The quantitative estimate of drug-likeness (QED) is 0.284. The van der Waals surface area contributed by atoms with E-state index < -0.39 is 0 Å². The lowest BCUT2D eigenvalue weighted by molar-refractivity contribution is 0.265. The second-order valence-corrected chi connectivity index (χ2v) is 7.52. The van der Waals surface area contributed by atoms with Gasteiger partial charge in [0.2, 0.25) is 0 Å². The van der Waals surface area contributed by atoms with Gasteiger partial charge in [-0.05, 0) is 50.7 Å². The third kappa shape index (κ3) is 8.84. The molecule has 1 unspecified atom stereocenters. The van der Waals surface area contributed by atoms with Crippen molar-refractivity contribution in [3.63, 3.8) is 0 Å². The van der Waals surface area contributed by atoms with Crippen molar-refractivity contribution in [1.29, 1.82) is 0 Å². The largest absolute Gasteiger partial charge is 0.494 e. The Labute approximate surface area is 181 Å². The lowest BCUT2D eigenvalue weighted by Gasteiger charge is -2.18. The van der Waals surface area contributed by atoms with E-state index in [4.69, 9.17) is 4.74 Å². The third-order valence-corrected chi connectivity index (χ3v) is 4.71. The number of aliphatic imine (C=N–C) groups is 1. The number of ether oxygens (including phenoxy) is 1. The fourth-order valence-electron chi connectivity index (χ4n) is 3.01. The highest BCUT2D eigenvalue weighted by atomic mass is 16.5. The van der Waals surface area contributed by atoms with Crippen LogP contribution in [0.25, 0.3) is 0 Å². The Kier molecular flexibility index (Phi) is 10.8. The van der Waals surface area contributed by atoms with E-state index in [1.54, 1.807) is 0 Å². The SMILES string of the molecule is CCNC(=NCc1ccc(OCCCN(C)C)cc1)NCC(CO)c1ccccc1. The van der Waals surface area contributed by atoms with E-state index in [1.807, 2.05) is 49.4 Å². The van der Waals surface area contributed by atoms with Crippen LogP contribution in [0.5, 0.6) is 5.75 Å². The van der Waals surface area contributed by atoms with Gasteiger partial charge in [-0.25, -0.2) is 4.99 Å². The minimum Gasteiger partial charge on any atom is -0.494 e. The highest BCUT2D eigenvalue weighted by molar-refractivity contribution is 5.79. The van der Waals surface area contributed by atoms with Crippen molar-refractivity contribution in [1.82, 2.24) is 15.5 Å². The molecule has 0 amide bonds. The number of guanidine groups is 1. The van der Waals surface area contributed by atoms with Crippen LogP contribution in [0.1, 0.15) is 30.4 Å². The highest BCUT2D eigenvalue weighted by Gasteiger charge is 2.10. The van der Waals surface area contributed by atoms with Crippen LogP contribution in [-0.4, -0.2) is 62.9 Å². The van der Waals surface area contributed by atoms with Gasteiger partial charge in [-0.15, -0.1) is 0 Å². The van der Waals surface area contributed by atoms with Crippen LogP contribution in [0.4, 0.5) is 0 Å². The molecule has 0 heterocycles. The zero-order valence-corrected chi connectivity index (χ0v) is 18.5. The van der Waals surface area contributed by atoms with E-state index >= 15 is 0 Å². The number of hydrogen-bond donors (Lipinski definition) is 3. The maximum absolute atomic E-state index is 9.75. The van der Waals surface area contributed by atoms with E-state index in [0.717, 1.165) is 49.0 Å². The Morgan fingerprint density at radius 3 is 2.43 bits per heavy atom. The monoisotopic (exact) mass is 412 g/mol. The van der Waals surface area contributed by atoms with E-state index in [-0.39, 0.29) is 12.5 Å². The minimum atomic E-state index is 0.0268. The molecule has 30 heavy (non-hydrogen) atoms. The summed E-state index contributed by atoms with van der Waals surface area (Å²) in [5.41, 5.74) is 2.24. The van der Waals surface area contributed by atoms with Gasteiger partial charge in [-0.2, -0.15) is 0 Å².